The lowest BCUT2D eigenvalue weighted by molar-refractivity contribution is -0.126. The van der Waals surface area contributed by atoms with Crippen molar-refractivity contribution in [2.75, 3.05) is 0 Å². The van der Waals surface area contributed by atoms with Gasteiger partial charge in [0, 0.05) is 17.9 Å². The van der Waals surface area contributed by atoms with E-state index in [2.05, 4.69) is 5.32 Å². The molecule has 102 valence electrons. The summed E-state index contributed by atoms with van der Waals surface area (Å²) in [5, 5.41) is 2.78. The highest BCUT2D eigenvalue weighted by atomic mass is 35.6. The lowest BCUT2D eigenvalue weighted by Crippen LogP contribution is -2.55. The number of hydrogen-bond donors (Lipinski definition) is 1. The van der Waals surface area contributed by atoms with Crippen molar-refractivity contribution in [1.29, 1.82) is 0 Å². The molecule has 3 rings (SSSR count). The Morgan fingerprint density at radius 2 is 2.11 bits per heavy atom. The summed E-state index contributed by atoms with van der Waals surface area (Å²) in [4.78, 5) is 11.9. The van der Waals surface area contributed by atoms with Crippen LogP contribution in [0.15, 0.2) is 24.3 Å². The van der Waals surface area contributed by atoms with E-state index in [0.717, 1.165) is 30.6 Å². The summed E-state index contributed by atoms with van der Waals surface area (Å²) in [5.74, 6) is 0.286. The Bertz CT molecular complexity index is 529. The first-order valence-electron chi connectivity index (χ1n) is 6.10. The number of ether oxygens (including phenoxy) is 1. The number of fused-ring (bicyclic) bond motifs is 3. The molecule has 6 heteroatoms. The molecule has 0 bridgehead atoms. The van der Waals surface area contributed by atoms with E-state index in [1.165, 1.54) is 0 Å². The average molecular weight is 321 g/mol. The van der Waals surface area contributed by atoms with Crippen LogP contribution in [0.2, 0.25) is 0 Å². The Kier molecular flexibility index (Phi) is 3.12. The highest BCUT2D eigenvalue weighted by Gasteiger charge is 2.54. The number of amides is 1. The van der Waals surface area contributed by atoms with Crippen molar-refractivity contribution in [3.05, 3.63) is 29.8 Å². The Hall–Kier alpha value is -0.640. The molecule has 3 nitrogen and oxygen atoms in total. The minimum atomic E-state index is -1.97. The van der Waals surface area contributed by atoms with Gasteiger partial charge < -0.3 is 10.1 Å². The Morgan fingerprint density at radius 3 is 2.84 bits per heavy atom. The molecular weight excluding hydrogens is 309 g/mol. The molecule has 19 heavy (non-hydrogen) atoms. The van der Waals surface area contributed by atoms with Gasteiger partial charge in [-0.1, -0.05) is 53.0 Å². The van der Waals surface area contributed by atoms with E-state index in [4.69, 9.17) is 39.5 Å². The van der Waals surface area contributed by atoms with Crippen LogP contribution in [0, 0.1) is 0 Å². The molecule has 2 atom stereocenters. The molecule has 0 spiro atoms. The molecule has 1 N–H and O–H groups in total. The quantitative estimate of drug-likeness (QED) is 0.804. The second kappa shape index (κ2) is 4.44. The van der Waals surface area contributed by atoms with Gasteiger partial charge in [-0.15, -0.1) is 0 Å². The topological polar surface area (TPSA) is 38.3 Å². The van der Waals surface area contributed by atoms with Crippen molar-refractivity contribution in [3.63, 3.8) is 0 Å². The lowest BCUT2D eigenvalue weighted by atomic mass is 9.93. The first-order valence-corrected chi connectivity index (χ1v) is 7.23. The van der Waals surface area contributed by atoms with Gasteiger partial charge in [-0.25, -0.2) is 0 Å². The van der Waals surface area contributed by atoms with Gasteiger partial charge in [-0.2, -0.15) is 0 Å². The Morgan fingerprint density at radius 1 is 1.37 bits per heavy atom. The van der Waals surface area contributed by atoms with Crippen molar-refractivity contribution < 1.29 is 9.53 Å². The van der Waals surface area contributed by atoms with E-state index >= 15 is 0 Å². The summed E-state index contributed by atoms with van der Waals surface area (Å²) in [6.07, 6.45) is 2.65. The average Bonchev–Trinajstić information content (AvgIpc) is 2.83. The normalized spacial score (nSPS) is 28.5. The predicted molar refractivity (Wildman–Crippen MR) is 74.8 cm³/mol. The maximum atomic E-state index is 11.9. The molecular formula is C13H12Cl3NO2. The summed E-state index contributed by atoms with van der Waals surface area (Å²) < 4.78 is 4.00. The van der Waals surface area contributed by atoms with Crippen LogP contribution >= 0.6 is 34.8 Å². The molecule has 1 fully saturated rings. The van der Waals surface area contributed by atoms with Gasteiger partial charge in [0.25, 0.3) is 9.70 Å². The fourth-order valence-electron chi connectivity index (χ4n) is 3.00. The highest BCUT2D eigenvalue weighted by molar-refractivity contribution is 6.76. The maximum Gasteiger partial charge on any atom is 0.275 e. The fraction of sp³-hybridized carbons (Fsp3) is 0.462. The summed E-state index contributed by atoms with van der Waals surface area (Å²) in [7, 11) is 0. The maximum absolute atomic E-state index is 11.9. The molecule has 1 heterocycles. The van der Waals surface area contributed by atoms with Crippen molar-refractivity contribution in [2.24, 2.45) is 0 Å². The van der Waals surface area contributed by atoms with Crippen LogP contribution in [0.4, 0.5) is 0 Å². The summed E-state index contributed by atoms with van der Waals surface area (Å²) in [6.45, 7) is 0. The van der Waals surface area contributed by atoms with Crippen molar-refractivity contribution >= 4 is 40.7 Å². The van der Waals surface area contributed by atoms with Gasteiger partial charge in [0.2, 0.25) is 0 Å². The number of carbonyl (C=O) groups excluding carboxylic acids is 1. The molecule has 1 aliphatic heterocycles. The first kappa shape index (κ1) is 13.3. The molecule has 1 saturated carbocycles. The van der Waals surface area contributed by atoms with Crippen molar-refractivity contribution in [2.45, 2.75) is 34.7 Å². The van der Waals surface area contributed by atoms with Crippen LogP contribution in [-0.4, -0.2) is 15.4 Å². The molecule has 2 aliphatic rings. The van der Waals surface area contributed by atoms with Crippen LogP contribution in [0.3, 0.4) is 0 Å². The van der Waals surface area contributed by atoms with Crippen LogP contribution in [0.5, 0.6) is 5.75 Å². The number of rotatable bonds is 1. The predicted octanol–water partition coefficient (Wildman–Crippen LogP) is 3.53. The van der Waals surface area contributed by atoms with E-state index in [-0.39, 0.29) is 5.92 Å². The third-order valence-electron chi connectivity index (χ3n) is 3.77. The minimum absolute atomic E-state index is 0.125. The fourth-order valence-corrected chi connectivity index (χ4v) is 3.14. The SMILES string of the molecule is O=C(NC12CCCC1c1ccccc1O2)C(Cl)(Cl)Cl. The number of benzene rings is 1. The molecule has 0 saturated heterocycles. The van der Waals surface area contributed by atoms with E-state index in [0.29, 0.717) is 0 Å². The zero-order chi connectivity index (χ0) is 13.7. The molecule has 1 aromatic rings. The van der Waals surface area contributed by atoms with Gasteiger partial charge in [-0.3, -0.25) is 4.79 Å². The van der Waals surface area contributed by atoms with Gasteiger partial charge in [0.15, 0.2) is 5.72 Å². The van der Waals surface area contributed by atoms with Gasteiger partial charge in [0.1, 0.15) is 5.75 Å². The van der Waals surface area contributed by atoms with E-state index < -0.39 is 15.4 Å². The third-order valence-corrected chi connectivity index (χ3v) is 4.29. The summed E-state index contributed by atoms with van der Waals surface area (Å²) in [6, 6.07) is 7.79. The first-order chi connectivity index (χ1) is 8.92. The molecule has 1 amide bonds. The zero-order valence-corrected chi connectivity index (χ0v) is 12.2. The number of carbonyl (C=O) groups is 1. The van der Waals surface area contributed by atoms with E-state index in [1.54, 1.807) is 0 Å². The minimum Gasteiger partial charge on any atom is -0.467 e. The number of halogens is 3. The molecule has 1 aromatic carbocycles. The second-order valence-electron chi connectivity index (χ2n) is 4.93. The zero-order valence-electron chi connectivity index (χ0n) is 9.96. The molecule has 0 aromatic heterocycles. The van der Waals surface area contributed by atoms with E-state index in [9.17, 15) is 4.79 Å². The van der Waals surface area contributed by atoms with E-state index in [1.807, 2.05) is 24.3 Å². The number of hydrogen-bond acceptors (Lipinski definition) is 2. The van der Waals surface area contributed by atoms with Crippen LogP contribution in [0.1, 0.15) is 30.7 Å². The van der Waals surface area contributed by atoms with Gasteiger partial charge in [0.05, 0.1) is 0 Å². The smallest absolute Gasteiger partial charge is 0.275 e. The van der Waals surface area contributed by atoms with Crippen LogP contribution in [-0.2, 0) is 4.79 Å². The monoisotopic (exact) mass is 319 g/mol. The van der Waals surface area contributed by atoms with Crippen molar-refractivity contribution in [3.8, 4) is 5.75 Å². The highest BCUT2D eigenvalue weighted by Crippen LogP contribution is 2.52. The number of alkyl halides is 3. The Labute approximate surface area is 126 Å². The molecule has 2 unspecified atom stereocenters. The Balaban J connectivity index is 1.91. The second-order valence-corrected chi connectivity index (χ2v) is 7.21. The summed E-state index contributed by atoms with van der Waals surface area (Å²) >= 11 is 16.9. The number of para-hydroxylation sites is 1. The van der Waals surface area contributed by atoms with Crippen molar-refractivity contribution in [1.82, 2.24) is 5.32 Å². The third kappa shape index (κ3) is 2.18. The summed E-state index contributed by atoms with van der Waals surface area (Å²) in [5.41, 5.74) is 0.356. The molecule has 1 aliphatic carbocycles. The van der Waals surface area contributed by atoms with Gasteiger partial charge >= 0.3 is 0 Å². The lowest BCUT2D eigenvalue weighted by Gasteiger charge is -2.31. The standard InChI is InChI=1S/C13H12Cl3NO2/c14-13(15,16)11(18)17-12-7-3-5-9(12)8-4-1-2-6-10(8)19-12/h1-2,4,6,9H,3,5,7H2,(H,17,18). The van der Waals surface area contributed by atoms with Crippen LogP contribution < -0.4 is 10.1 Å². The molecule has 0 radical (unpaired) electrons. The largest absolute Gasteiger partial charge is 0.467 e. The number of nitrogens with one attached hydrogen (secondary N) is 1. The van der Waals surface area contributed by atoms with Crippen LogP contribution in [0.25, 0.3) is 0 Å². The van der Waals surface area contributed by atoms with Gasteiger partial charge in [-0.05, 0) is 18.9 Å².